The van der Waals surface area contributed by atoms with Gasteiger partial charge in [0.1, 0.15) is 5.75 Å². The molecule has 0 saturated carbocycles. The molecule has 1 fully saturated rings. The summed E-state index contributed by atoms with van der Waals surface area (Å²) in [7, 11) is 1.67. The lowest BCUT2D eigenvalue weighted by Crippen LogP contribution is -2.44. The summed E-state index contributed by atoms with van der Waals surface area (Å²) in [6.07, 6.45) is 4.56. The molecular formula is C26H29N3O3. The zero-order valence-electron chi connectivity index (χ0n) is 18.6. The van der Waals surface area contributed by atoms with Crippen LogP contribution in [0.25, 0.3) is 10.8 Å². The Hall–Kier alpha value is -3.41. The molecule has 2 N–H and O–H groups in total. The average Bonchev–Trinajstić information content (AvgIpc) is 3.18. The van der Waals surface area contributed by atoms with Crippen molar-refractivity contribution in [2.75, 3.05) is 7.11 Å². The maximum atomic E-state index is 12.6. The van der Waals surface area contributed by atoms with Gasteiger partial charge in [0.25, 0.3) is 0 Å². The van der Waals surface area contributed by atoms with Crippen LogP contribution in [0, 0.1) is 6.92 Å². The molecule has 0 spiro atoms. The van der Waals surface area contributed by atoms with E-state index in [2.05, 4.69) is 27.8 Å². The maximum Gasteiger partial charge on any atom is 0.220 e. The molecule has 2 amide bonds. The molecule has 6 heteroatoms. The Bertz CT molecular complexity index is 1140. The molecule has 2 aromatic carbocycles. The van der Waals surface area contributed by atoms with Crippen LogP contribution in [0.3, 0.4) is 0 Å². The van der Waals surface area contributed by atoms with Gasteiger partial charge in [0.15, 0.2) is 0 Å². The molecule has 1 aliphatic rings. The number of pyridine rings is 1. The molecule has 1 saturated heterocycles. The van der Waals surface area contributed by atoms with E-state index in [9.17, 15) is 9.59 Å². The number of rotatable bonds is 8. The standard InChI is InChI=1S/C26H29N3O3/c1-18-6-5-15-27-22(18)17-28-24(30)11-13-26(14-12-25(31)29-26)16-19-9-10-23(32-2)21-8-4-3-7-20(19)21/h3-10,15H,11-14,16-17H2,1-2H3,(H,28,30)(H,29,31)/t26-/m0/s1. The number of nitrogens with zero attached hydrogens (tertiary/aromatic N) is 1. The van der Waals surface area contributed by atoms with E-state index in [4.69, 9.17) is 4.74 Å². The molecule has 0 unspecified atom stereocenters. The highest BCUT2D eigenvalue weighted by Crippen LogP contribution is 2.34. The lowest BCUT2D eigenvalue weighted by Gasteiger charge is -2.30. The number of nitrogens with one attached hydrogen (secondary N) is 2. The third-order valence-corrected chi connectivity index (χ3v) is 6.36. The van der Waals surface area contributed by atoms with Crippen molar-refractivity contribution in [1.82, 2.24) is 15.6 Å². The van der Waals surface area contributed by atoms with Crippen LogP contribution in [0.15, 0.2) is 54.7 Å². The summed E-state index contributed by atoms with van der Waals surface area (Å²) in [5.41, 5.74) is 2.65. The second kappa shape index (κ2) is 9.39. The fraction of sp³-hybridized carbons (Fsp3) is 0.346. The highest BCUT2D eigenvalue weighted by molar-refractivity contribution is 5.91. The van der Waals surface area contributed by atoms with E-state index in [1.165, 1.54) is 0 Å². The number of fused-ring (bicyclic) bond motifs is 1. The molecule has 1 aliphatic heterocycles. The Labute approximate surface area is 188 Å². The maximum absolute atomic E-state index is 12.6. The number of hydrogen-bond acceptors (Lipinski definition) is 4. The number of aromatic nitrogens is 1. The lowest BCUT2D eigenvalue weighted by molar-refractivity contribution is -0.122. The molecule has 32 heavy (non-hydrogen) atoms. The van der Waals surface area contributed by atoms with Gasteiger partial charge in [0, 0.05) is 30.0 Å². The van der Waals surface area contributed by atoms with Gasteiger partial charge in [-0.05, 0) is 54.8 Å². The van der Waals surface area contributed by atoms with Crippen LogP contribution in [-0.2, 0) is 22.6 Å². The molecule has 0 radical (unpaired) electrons. The van der Waals surface area contributed by atoms with Crippen LogP contribution in [0.2, 0.25) is 0 Å². The van der Waals surface area contributed by atoms with E-state index in [0.29, 0.717) is 32.2 Å². The van der Waals surface area contributed by atoms with Gasteiger partial charge < -0.3 is 15.4 Å². The molecule has 0 aliphatic carbocycles. The van der Waals surface area contributed by atoms with Gasteiger partial charge in [-0.2, -0.15) is 0 Å². The van der Waals surface area contributed by atoms with Crippen molar-refractivity contribution in [3.8, 4) is 5.75 Å². The number of amides is 2. The smallest absolute Gasteiger partial charge is 0.220 e. The first kappa shape index (κ1) is 21.8. The number of aryl methyl sites for hydroxylation is 1. The van der Waals surface area contributed by atoms with Crippen LogP contribution in [0.1, 0.15) is 42.5 Å². The minimum atomic E-state index is -0.424. The Morgan fingerprint density at radius 2 is 1.97 bits per heavy atom. The van der Waals surface area contributed by atoms with Crippen LogP contribution in [-0.4, -0.2) is 29.4 Å². The predicted octanol–water partition coefficient (Wildman–Crippen LogP) is 3.84. The zero-order chi connectivity index (χ0) is 22.6. The molecule has 0 bridgehead atoms. The van der Waals surface area contributed by atoms with E-state index < -0.39 is 5.54 Å². The fourth-order valence-corrected chi connectivity index (χ4v) is 4.54. The Morgan fingerprint density at radius 1 is 1.16 bits per heavy atom. The monoisotopic (exact) mass is 431 g/mol. The van der Waals surface area contributed by atoms with E-state index in [1.807, 2.05) is 43.3 Å². The molecule has 3 aromatic rings. The van der Waals surface area contributed by atoms with Crippen molar-refractivity contribution < 1.29 is 14.3 Å². The first-order valence-corrected chi connectivity index (χ1v) is 11.0. The largest absolute Gasteiger partial charge is 0.496 e. The number of hydrogen-bond donors (Lipinski definition) is 2. The van der Waals surface area contributed by atoms with Crippen LogP contribution in [0.5, 0.6) is 5.75 Å². The van der Waals surface area contributed by atoms with Gasteiger partial charge in [-0.25, -0.2) is 0 Å². The van der Waals surface area contributed by atoms with Gasteiger partial charge >= 0.3 is 0 Å². The summed E-state index contributed by atoms with van der Waals surface area (Å²) in [4.78, 5) is 29.1. The van der Waals surface area contributed by atoms with Gasteiger partial charge in [0.05, 0.1) is 19.3 Å². The predicted molar refractivity (Wildman–Crippen MR) is 124 cm³/mol. The third kappa shape index (κ3) is 4.74. The van der Waals surface area contributed by atoms with Gasteiger partial charge in [-0.15, -0.1) is 0 Å². The van der Waals surface area contributed by atoms with Crippen molar-refractivity contribution in [3.63, 3.8) is 0 Å². The Kier molecular flexibility index (Phi) is 6.40. The Balaban J connectivity index is 1.48. The minimum Gasteiger partial charge on any atom is -0.496 e. The highest BCUT2D eigenvalue weighted by atomic mass is 16.5. The van der Waals surface area contributed by atoms with E-state index in [1.54, 1.807) is 13.3 Å². The number of carbonyl (C=O) groups excluding carboxylic acids is 2. The van der Waals surface area contributed by atoms with Crippen molar-refractivity contribution in [2.45, 2.75) is 51.1 Å². The first-order chi connectivity index (χ1) is 15.5. The van der Waals surface area contributed by atoms with Gasteiger partial charge in [0.2, 0.25) is 11.8 Å². The Morgan fingerprint density at radius 3 is 2.69 bits per heavy atom. The van der Waals surface area contributed by atoms with Crippen molar-refractivity contribution in [1.29, 1.82) is 0 Å². The topological polar surface area (TPSA) is 80.3 Å². The molecule has 1 atom stereocenters. The van der Waals surface area contributed by atoms with Crippen molar-refractivity contribution >= 4 is 22.6 Å². The molecule has 166 valence electrons. The van der Waals surface area contributed by atoms with Crippen LogP contribution in [0.4, 0.5) is 0 Å². The summed E-state index contributed by atoms with van der Waals surface area (Å²) in [6.45, 7) is 2.39. The quantitative estimate of drug-likeness (QED) is 0.568. The number of benzene rings is 2. The second-order valence-electron chi connectivity index (χ2n) is 8.52. The summed E-state index contributed by atoms with van der Waals surface area (Å²) in [5.74, 6) is 0.848. The SMILES string of the molecule is COc1ccc(C[C@]2(CCC(=O)NCc3ncccc3C)CCC(=O)N2)c2ccccc12. The first-order valence-electron chi connectivity index (χ1n) is 11.0. The summed E-state index contributed by atoms with van der Waals surface area (Å²) < 4.78 is 5.52. The van der Waals surface area contributed by atoms with Gasteiger partial charge in [-0.3, -0.25) is 14.6 Å². The molecule has 1 aromatic heterocycles. The summed E-state index contributed by atoms with van der Waals surface area (Å²) in [5, 5.41) is 8.32. The molecule has 2 heterocycles. The average molecular weight is 432 g/mol. The van der Waals surface area contributed by atoms with E-state index in [-0.39, 0.29) is 11.8 Å². The zero-order valence-corrected chi connectivity index (χ0v) is 18.6. The van der Waals surface area contributed by atoms with Gasteiger partial charge in [-0.1, -0.05) is 36.4 Å². The number of carbonyl (C=O) groups is 2. The second-order valence-corrected chi connectivity index (χ2v) is 8.52. The molecule has 4 rings (SSSR count). The number of ether oxygens (including phenoxy) is 1. The van der Waals surface area contributed by atoms with Crippen LogP contribution < -0.4 is 15.4 Å². The van der Waals surface area contributed by atoms with Crippen LogP contribution >= 0.6 is 0 Å². The lowest BCUT2D eigenvalue weighted by atomic mass is 9.83. The minimum absolute atomic E-state index is 0.0323. The number of methoxy groups -OCH3 is 1. The van der Waals surface area contributed by atoms with E-state index in [0.717, 1.165) is 39.8 Å². The van der Waals surface area contributed by atoms with E-state index >= 15 is 0 Å². The van der Waals surface area contributed by atoms with Crippen molar-refractivity contribution in [2.24, 2.45) is 0 Å². The third-order valence-electron chi connectivity index (χ3n) is 6.36. The fourth-order valence-electron chi connectivity index (χ4n) is 4.54. The highest BCUT2D eigenvalue weighted by Gasteiger charge is 2.38. The molecule has 6 nitrogen and oxygen atoms in total. The summed E-state index contributed by atoms with van der Waals surface area (Å²) >= 11 is 0. The normalized spacial score (nSPS) is 17.9. The summed E-state index contributed by atoms with van der Waals surface area (Å²) in [6, 6.07) is 16.0. The molecular weight excluding hydrogens is 402 g/mol. The van der Waals surface area contributed by atoms with Crippen molar-refractivity contribution in [3.05, 3.63) is 71.5 Å².